The lowest BCUT2D eigenvalue weighted by molar-refractivity contribution is -0.384. The Morgan fingerprint density at radius 3 is 2.91 bits per heavy atom. The summed E-state index contributed by atoms with van der Waals surface area (Å²) >= 11 is 0. The van der Waals surface area contributed by atoms with Crippen LogP contribution in [0.5, 0.6) is 0 Å². The highest BCUT2D eigenvalue weighted by molar-refractivity contribution is 5.34. The van der Waals surface area contributed by atoms with Gasteiger partial charge < -0.3 is 5.32 Å². The largest absolute Gasteiger partial charge is 0.350 e. The maximum Gasteiger partial charge on any atom is 0.269 e. The summed E-state index contributed by atoms with van der Waals surface area (Å²) in [5.74, 6) is 0.648. The number of likely N-dealkylation sites (tertiary alicyclic amines) is 1. The van der Waals surface area contributed by atoms with Crippen LogP contribution in [0.2, 0.25) is 0 Å². The van der Waals surface area contributed by atoms with Crippen molar-refractivity contribution in [2.75, 3.05) is 18.4 Å². The van der Waals surface area contributed by atoms with Crippen LogP contribution in [-0.2, 0) is 6.54 Å². The van der Waals surface area contributed by atoms with Crippen molar-refractivity contribution in [1.29, 1.82) is 0 Å². The number of aromatic nitrogens is 2. The highest BCUT2D eigenvalue weighted by atomic mass is 16.6. The van der Waals surface area contributed by atoms with Crippen molar-refractivity contribution in [2.24, 2.45) is 0 Å². The van der Waals surface area contributed by atoms with Gasteiger partial charge in [0, 0.05) is 43.7 Å². The van der Waals surface area contributed by atoms with Gasteiger partial charge in [0.05, 0.1) is 4.92 Å². The Morgan fingerprint density at radius 1 is 1.30 bits per heavy atom. The summed E-state index contributed by atoms with van der Waals surface area (Å²) in [4.78, 5) is 21.2. The number of benzene rings is 1. The van der Waals surface area contributed by atoms with E-state index in [0.29, 0.717) is 12.0 Å². The molecular formula is C16H19N5O2. The Labute approximate surface area is 134 Å². The van der Waals surface area contributed by atoms with Crippen molar-refractivity contribution >= 4 is 11.6 Å². The molecule has 1 unspecified atom stereocenters. The topological polar surface area (TPSA) is 84.2 Å². The summed E-state index contributed by atoms with van der Waals surface area (Å²) in [5, 5.41) is 14.2. The number of hydrogen-bond acceptors (Lipinski definition) is 6. The first kappa shape index (κ1) is 15.4. The van der Waals surface area contributed by atoms with Gasteiger partial charge >= 0.3 is 0 Å². The van der Waals surface area contributed by atoms with Gasteiger partial charge in [-0.2, -0.15) is 0 Å². The zero-order chi connectivity index (χ0) is 16.1. The van der Waals surface area contributed by atoms with Crippen molar-refractivity contribution in [2.45, 2.75) is 25.4 Å². The van der Waals surface area contributed by atoms with E-state index < -0.39 is 0 Å². The lowest BCUT2D eigenvalue weighted by Crippen LogP contribution is -2.41. The second kappa shape index (κ2) is 7.15. The fraction of sp³-hybridized carbons (Fsp3) is 0.375. The predicted molar refractivity (Wildman–Crippen MR) is 87.1 cm³/mol. The average molecular weight is 313 g/mol. The standard InChI is InChI=1S/C16H19N5O2/c22-21(23)15-6-1-4-13(10-15)11-20-9-2-5-14(12-20)19-16-17-7-3-8-18-16/h1,3-4,6-8,10,14H,2,5,9,11-12H2,(H,17,18,19). The van der Waals surface area contributed by atoms with E-state index in [1.54, 1.807) is 30.6 Å². The molecule has 1 aliphatic rings. The van der Waals surface area contributed by atoms with E-state index in [1.165, 1.54) is 6.07 Å². The Kier molecular flexibility index (Phi) is 4.77. The second-order valence-corrected chi connectivity index (χ2v) is 5.72. The predicted octanol–water partition coefficient (Wildman–Crippen LogP) is 2.46. The van der Waals surface area contributed by atoms with Crippen LogP contribution in [0, 0.1) is 10.1 Å². The molecule has 2 aromatic rings. The van der Waals surface area contributed by atoms with Crippen LogP contribution in [0.15, 0.2) is 42.7 Å². The first-order chi connectivity index (χ1) is 11.2. The van der Waals surface area contributed by atoms with Crippen molar-refractivity contribution in [1.82, 2.24) is 14.9 Å². The quantitative estimate of drug-likeness (QED) is 0.674. The van der Waals surface area contributed by atoms with E-state index in [4.69, 9.17) is 0 Å². The lowest BCUT2D eigenvalue weighted by Gasteiger charge is -2.33. The molecule has 0 radical (unpaired) electrons. The van der Waals surface area contributed by atoms with E-state index in [-0.39, 0.29) is 10.6 Å². The Balaban J connectivity index is 1.60. The van der Waals surface area contributed by atoms with Crippen LogP contribution in [0.4, 0.5) is 11.6 Å². The number of nitrogens with one attached hydrogen (secondary N) is 1. The molecule has 7 nitrogen and oxygen atoms in total. The Bertz CT molecular complexity index is 665. The monoisotopic (exact) mass is 313 g/mol. The fourth-order valence-corrected chi connectivity index (χ4v) is 2.90. The number of piperidine rings is 1. The number of nitro groups is 1. The van der Waals surface area contributed by atoms with E-state index in [2.05, 4.69) is 20.2 Å². The summed E-state index contributed by atoms with van der Waals surface area (Å²) in [5.41, 5.74) is 1.11. The molecule has 23 heavy (non-hydrogen) atoms. The molecule has 1 aromatic carbocycles. The first-order valence-corrected chi connectivity index (χ1v) is 7.70. The van der Waals surface area contributed by atoms with Gasteiger partial charge in [-0.15, -0.1) is 0 Å². The molecule has 1 fully saturated rings. The highest BCUT2D eigenvalue weighted by Crippen LogP contribution is 2.18. The summed E-state index contributed by atoms with van der Waals surface area (Å²) in [6, 6.07) is 8.94. The van der Waals surface area contributed by atoms with Crippen LogP contribution < -0.4 is 5.32 Å². The molecular weight excluding hydrogens is 294 g/mol. The Morgan fingerprint density at radius 2 is 2.13 bits per heavy atom. The van der Waals surface area contributed by atoms with Gasteiger partial charge in [0.1, 0.15) is 0 Å². The minimum Gasteiger partial charge on any atom is -0.350 e. The molecule has 0 aliphatic carbocycles. The molecule has 1 aromatic heterocycles. The maximum absolute atomic E-state index is 10.9. The molecule has 1 atom stereocenters. The van der Waals surface area contributed by atoms with Crippen molar-refractivity contribution in [3.05, 3.63) is 58.4 Å². The van der Waals surface area contributed by atoms with E-state index in [1.807, 2.05) is 6.07 Å². The van der Waals surface area contributed by atoms with Crippen LogP contribution >= 0.6 is 0 Å². The molecule has 120 valence electrons. The van der Waals surface area contributed by atoms with Gasteiger partial charge in [-0.1, -0.05) is 12.1 Å². The average Bonchev–Trinajstić information content (AvgIpc) is 2.56. The lowest BCUT2D eigenvalue weighted by atomic mass is 10.0. The third-order valence-corrected chi connectivity index (χ3v) is 3.93. The molecule has 7 heteroatoms. The van der Waals surface area contributed by atoms with Crippen LogP contribution in [0.25, 0.3) is 0 Å². The van der Waals surface area contributed by atoms with Gasteiger partial charge in [0.15, 0.2) is 0 Å². The Hall–Kier alpha value is -2.54. The van der Waals surface area contributed by atoms with Crippen molar-refractivity contribution in [3.8, 4) is 0 Å². The van der Waals surface area contributed by atoms with Gasteiger partial charge in [0.2, 0.25) is 5.95 Å². The van der Waals surface area contributed by atoms with Gasteiger partial charge in [-0.05, 0) is 31.0 Å². The van der Waals surface area contributed by atoms with E-state index in [0.717, 1.165) is 38.0 Å². The summed E-state index contributed by atoms with van der Waals surface area (Å²) < 4.78 is 0. The first-order valence-electron chi connectivity index (χ1n) is 7.70. The molecule has 2 heterocycles. The summed E-state index contributed by atoms with van der Waals surface area (Å²) in [6.45, 7) is 2.59. The number of anilines is 1. The van der Waals surface area contributed by atoms with Crippen LogP contribution in [0.1, 0.15) is 18.4 Å². The number of hydrogen-bond donors (Lipinski definition) is 1. The molecule has 0 saturated carbocycles. The number of nitro benzene ring substituents is 1. The zero-order valence-corrected chi connectivity index (χ0v) is 12.8. The molecule has 0 amide bonds. The minimum atomic E-state index is -0.350. The number of nitrogens with zero attached hydrogens (tertiary/aromatic N) is 4. The number of non-ortho nitro benzene ring substituents is 1. The molecule has 1 saturated heterocycles. The fourth-order valence-electron chi connectivity index (χ4n) is 2.90. The SMILES string of the molecule is O=[N+]([O-])c1cccc(CN2CCCC(Nc3ncccn3)C2)c1. The van der Waals surface area contributed by atoms with E-state index in [9.17, 15) is 10.1 Å². The van der Waals surface area contributed by atoms with Crippen LogP contribution in [-0.4, -0.2) is 38.9 Å². The van der Waals surface area contributed by atoms with Crippen LogP contribution in [0.3, 0.4) is 0 Å². The van der Waals surface area contributed by atoms with Gasteiger partial charge in [-0.25, -0.2) is 9.97 Å². The summed E-state index contributed by atoms with van der Waals surface area (Å²) in [7, 11) is 0. The van der Waals surface area contributed by atoms with Gasteiger partial charge in [0.25, 0.3) is 5.69 Å². The third kappa shape index (κ3) is 4.23. The number of rotatable bonds is 5. The van der Waals surface area contributed by atoms with E-state index >= 15 is 0 Å². The third-order valence-electron chi connectivity index (χ3n) is 3.93. The zero-order valence-electron chi connectivity index (χ0n) is 12.8. The smallest absolute Gasteiger partial charge is 0.269 e. The molecule has 3 rings (SSSR count). The summed E-state index contributed by atoms with van der Waals surface area (Å²) in [6.07, 6.45) is 5.60. The normalized spacial score (nSPS) is 18.5. The molecule has 0 spiro atoms. The van der Waals surface area contributed by atoms with Gasteiger partial charge in [-0.3, -0.25) is 15.0 Å². The highest BCUT2D eigenvalue weighted by Gasteiger charge is 2.20. The van der Waals surface area contributed by atoms with Crippen molar-refractivity contribution < 1.29 is 4.92 Å². The second-order valence-electron chi connectivity index (χ2n) is 5.72. The molecule has 1 aliphatic heterocycles. The molecule has 0 bridgehead atoms. The molecule has 1 N–H and O–H groups in total. The minimum absolute atomic E-state index is 0.145. The maximum atomic E-state index is 10.9. The van der Waals surface area contributed by atoms with Crippen molar-refractivity contribution in [3.63, 3.8) is 0 Å².